The molecule has 0 bridgehead atoms. The summed E-state index contributed by atoms with van der Waals surface area (Å²) in [6.07, 6.45) is 9.72. The van der Waals surface area contributed by atoms with Gasteiger partial charge in [-0.1, -0.05) is 40.0 Å². The van der Waals surface area contributed by atoms with Crippen LogP contribution >= 0.6 is 0 Å². The molecule has 0 atom stereocenters. The van der Waals surface area contributed by atoms with E-state index >= 15 is 0 Å². The van der Waals surface area contributed by atoms with Crippen LogP contribution in [-0.2, 0) is 0 Å². The van der Waals surface area contributed by atoms with E-state index in [2.05, 4.69) is 20.8 Å². The van der Waals surface area contributed by atoms with Crippen LogP contribution in [-0.4, -0.2) is 19.6 Å². The summed E-state index contributed by atoms with van der Waals surface area (Å²) in [6, 6.07) is 0. The quantitative estimate of drug-likeness (QED) is 0.523. The highest BCUT2D eigenvalue weighted by Gasteiger charge is 2.05. The van der Waals surface area contributed by atoms with E-state index < -0.39 is 0 Å². The van der Waals surface area contributed by atoms with Crippen LogP contribution in [0.5, 0.6) is 0 Å². The summed E-state index contributed by atoms with van der Waals surface area (Å²) < 4.78 is 0. The molecule has 0 aliphatic heterocycles. The monoisotopic (exact) mass is 279 g/mol. The van der Waals surface area contributed by atoms with Gasteiger partial charge in [0.15, 0.2) is 0 Å². The van der Waals surface area contributed by atoms with Crippen LogP contribution in [0.25, 0.3) is 0 Å². The zero-order valence-electron chi connectivity index (χ0n) is 10.9. The first-order valence-electron chi connectivity index (χ1n) is 6.68. The molecule has 15 heavy (non-hydrogen) atoms. The van der Waals surface area contributed by atoms with Crippen molar-refractivity contribution < 1.29 is 21.9 Å². The molecular formula is C13H30BrN. The lowest BCUT2D eigenvalue weighted by atomic mass is 10.2. The SMILES string of the molecule is CCCCC[NH+](CCCC)CCCC.[Br-]. The second kappa shape index (κ2) is 14.4. The summed E-state index contributed by atoms with van der Waals surface area (Å²) in [6.45, 7) is 11.1. The predicted octanol–water partition coefficient (Wildman–Crippen LogP) is -0.334. The van der Waals surface area contributed by atoms with Crippen LogP contribution in [0.2, 0.25) is 0 Å². The fourth-order valence-corrected chi connectivity index (χ4v) is 1.85. The highest BCUT2D eigenvalue weighted by molar-refractivity contribution is 4.39. The average molecular weight is 280 g/mol. The highest BCUT2D eigenvalue weighted by atomic mass is 79.9. The Hall–Kier alpha value is 0.440. The van der Waals surface area contributed by atoms with Gasteiger partial charge in [0.2, 0.25) is 0 Å². The fourth-order valence-electron chi connectivity index (χ4n) is 1.85. The zero-order chi connectivity index (χ0) is 10.6. The summed E-state index contributed by atoms with van der Waals surface area (Å²) in [4.78, 5) is 1.85. The zero-order valence-corrected chi connectivity index (χ0v) is 12.5. The summed E-state index contributed by atoms with van der Waals surface area (Å²) in [5, 5.41) is 0. The van der Waals surface area contributed by atoms with Crippen molar-refractivity contribution in [1.82, 2.24) is 0 Å². The Balaban J connectivity index is 0. The number of hydrogen-bond donors (Lipinski definition) is 1. The molecule has 94 valence electrons. The van der Waals surface area contributed by atoms with Crippen LogP contribution in [0.1, 0.15) is 65.7 Å². The predicted molar refractivity (Wildman–Crippen MR) is 64.9 cm³/mol. The van der Waals surface area contributed by atoms with Crippen LogP contribution in [0.15, 0.2) is 0 Å². The van der Waals surface area contributed by atoms with Gasteiger partial charge in [0, 0.05) is 0 Å². The van der Waals surface area contributed by atoms with Gasteiger partial charge in [-0.15, -0.1) is 0 Å². The number of unbranched alkanes of at least 4 members (excludes halogenated alkanes) is 4. The van der Waals surface area contributed by atoms with Gasteiger partial charge < -0.3 is 21.9 Å². The molecule has 0 fully saturated rings. The molecule has 0 heterocycles. The van der Waals surface area contributed by atoms with Gasteiger partial charge in [-0.2, -0.15) is 0 Å². The van der Waals surface area contributed by atoms with E-state index in [1.54, 1.807) is 0 Å². The second-order valence-corrected chi connectivity index (χ2v) is 4.41. The van der Waals surface area contributed by atoms with E-state index in [1.807, 2.05) is 4.90 Å². The topological polar surface area (TPSA) is 4.44 Å². The third kappa shape index (κ3) is 12.4. The molecular weight excluding hydrogens is 250 g/mol. The summed E-state index contributed by atoms with van der Waals surface area (Å²) in [5.41, 5.74) is 0. The second-order valence-electron chi connectivity index (χ2n) is 4.41. The lowest BCUT2D eigenvalue weighted by Crippen LogP contribution is -3.12. The van der Waals surface area contributed by atoms with Gasteiger partial charge in [-0.25, -0.2) is 0 Å². The molecule has 0 aliphatic carbocycles. The third-order valence-electron chi connectivity index (χ3n) is 2.90. The van der Waals surface area contributed by atoms with Crippen molar-refractivity contribution in [1.29, 1.82) is 0 Å². The molecule has 2 heteroatoms. The Morgan fingerprint density at radius 1 is 0.600 bits per heavy atom. The maximum Gasteiger partial charge on any atom is 0.0770 e. The Bertz CT molecular complexity index is 98.7. The van der Waals surface area contributed by atoms with Crippen LogP contribution in [0.3, 0.4) is 0 Å². The molecule has 0 aromatic carbocycles. The molecule has 0 amide bonds. The minimum absolute atomic E-state index is 0. The summed E-state index contributed by atoms with van der Waals surface area (Å²) in [7, 11) is 0. The molecule has 0 saturated carbocycles. The lowest BCUT2D eigenvalue weighted by molar-refractivity contribution is -0.900. The summed E-state index contributed by atoms with van der Waals surface area (Å²) >= 11 is 0. The van der Waals surface area contributed by atoms with Gasteiger partial charge in [-0.3, -0.25) is 0 Å². The van der Waals surface area contributed by atoms with Crippen molar-refractivity contribution in [3.63, 3.8) is 0 Å². The minimum atomic E-state index is 0. The lowest BCUT2D eigenvalue weighted by Gasteiger charge is -2.18. The van der Waals surface area contributed by atoms with Crippen LogP contribution < -0.4 is 21.9 Å². The van der Waals surface area contributed by atoms with Gasteiger partial charge in [0.05, 0.1) is 19.6 Å². The maximum atomic E-state index is 2.30. The summed E-state index contributed by atoms with van der Waals surface area (Å²) in [5.74, 6) is 0. The van der Waals surface area contributed by atoms with E-state index in [0.717, 1.165) is 0 Å². The van der Waals surface area contributed by atoms with Crippen molar-refractivity contribution >= 4 is 0 Å². The number of nitrogens with one attached hydrogen (secondary N) is 1. The molecule has 0 unspecified atom stereocenters. The molecule has 0 saturated heterocycles. The highest BCUT2D eigenvalue weighted by Crippen LogP contribution is 1.90. The first kappa shape index (κ1) is 17.8. The van der Waals surface area contributed by atoms with E-state index in [4.69, 9.17) is 0 Å². The number of quaternary nitrogens is 1. The maximum absolute atomic E-state index is 2.30. The number of halogens is 1. The minimum Gasteiger partial charge on any atom is -1.00 e. The largest absolute Gasteiger partial charge is 1.00 e. The van der Waals surface area contributed by atoms with Crippen molar-refractivity contribution in [3.05, 3.63) is 0 Å². The van der Waals surface area contributed by atoms with Crippen molar-refractivity contribution in [2.45, 2.75) is 65.7 Å². The first-order valence-corrected chi connectivity index (χ1v) is 6.68. The van der Waals surface area contributed by atoms with E-state index in [-0.39, 0.29) is 17.0 Å². The molecule has 0 radical (unpaired) electrons. The molecule has 1 N–H and O–H groups in total. The van der Waals surface area contributed by atoms with E-state index in [9.17, 15) is 0 Å². The van der Waals surface area contributed by atoms with Crippen LogP contribution in [0, 0.1) is 0 Å². The number of hydrogen-bond acceptors (Lipinski definition) is 0. The molecule has 0 rings (SSSR count). The van der Waals surface area contributed by atoms with Gasteiger partial charge in [0.25, 0.3) is 0 Å². The average Bonchev–Trinajstić information content (AvgIpc) is 2.21. The van der Waals surface area contributed by atoms with Gasteiger partial charge >= 0.3 is 0 Å². The van der Waals surface area contributed by atoms with Gasteiger partial charge in [0.1, 0.15) is 0 Å². The fraction of sp³-hybridized carbons (Fsp3) is 1.00. The Morgan fingerprint density at radius 2 is 1.00 bits per heavy atom. The third-order valence-corrected chi connectivity index (χ3v) is 2.90. The molecule has 0 aromatic heterocycles. The smallest absolute Gasteiger partial charge is 0.0770 e. The Kier molecular flexibility index (Phi) is 17.2. The number of rotatable bonds is 10. The molecule has 1 nitrogen and oxygen atoms in total. The molecule has 0 aliphatic rings. The Labute approximate surface area is 107 Å². The standard InChI is InChI=1S/C13H29N.BrH/c1-4-7-10-13-14(11-8-5-2)12-9-6-3;/h4-13H2,1-3H3;1H. The van der Waals surface area contributed by atoms with E-state index in [0.29, 0.717) is 0 Å². The van der Waals surface area contributed by atoms with E-state index in [1.165, 1.54) is 64.6 Å². The van der Waals surface area contributed by atoms with Crippen LogP contribution in [0.4, 0.5) is 0 Å². The van der Waals surface area contributed by atoms with Crippen molar-refractivity contribution in [2.24, 2.45) is 0 Å². The van der Waals surface area contributed by atoms with Crippen molar-refractivity contribution in [2.75, 3.05) is 19.6 Å². The van der Waals surface area contributed by atoms with Crippen molar-refractivity contribution in [3.8, 4) is 0 Å². The molecule has 0 spiro atoms. The molecule has 0 aromatic rings. The van der Waals surface area contributed by atoms with Gasteiger partial charge in [-0.05, 0) is 25.7 Å². The normalized spacial score (nSPS) is 10.4. The first-order chi connectivity index (χ1) is 6.85. The Morgan fingerprint density at radius 3 is 1.40 bits per heavy atom.